The molecule has 6 heteroatoms. The number of nitrogens with zero attached hydrogens (tertiary/aromatic N) is 3. The van der Waals surface area contributed by atoms with Crippen LogP contribution in [-0.4, -0.2) is 46.3 Å². The average molecular weight is 414 g/mol. The van der Waals surface area contributed by atoms with Crippen LogP contribution >= 0.6 is 0 Å². The first-order valence-electron chi connectivity index (χ1n) is 10.5. The van der Waals surface area contributed by atoms with E-state index < -0.39 is 0 Å². The number of H-pyrrole nitrogens is 1. The Hall–Kier alpha value is -3.35. The minimum absolute atomic E-state index is 0.00342. The van der Waals surface area contributed by atoms with Crippen molar-refractivity contribution in [2.45, 2.75) is 6.04 Å². The lowest BCUT2D eigenvalue weighted by molar-refractivity contribution is 0.198. The fraction of sp³-hybridized carbons (Fsp3) is 0.200. The van der Waals surface area contributed by atoms with Crippen molar-refractivity contribution in [3.63, 3.8) is 0 Å². The molecule has 2 aromatic heterocycles. The zero-order chi connectivity index (χ0) is 21.0. The third kappa shape index (κ3) is 4.00. The summed E-state index contributed by atoms with van der Waals surface area (Å²) in [4.78, 5) is 7.27. The molecule has 2 N–H and O–H groups in total. The van der Waals surface area contributed by atoms with E-state index in [1.54, 1.807) is 6.07 Å². The summed E-state index contributed by atoms with van der Waals surface area (Å²) in [5, 5.41) is 10.5. The molecule has 3 heterocycles. The molecule has 1 aliphatic rings. The average Bonchev–Trinajstić information content (AvgIpc) is 3.35. The SMILES string of the molecule is Fc1ccccc1-c1cc(C(c2cn[nH]c2)N2CCNCC2)cnc1-c1ccccc1. The number of hydrogen-bond acceptors (Lipinski definition) is 4. The number of rotatable bonds is 5. The minimum Gasteiger partial charge on any atom is -0.314 e. The first-order valence-corrected chi connectivity index (χ1v) is 10.5. The zero-order valence-electron chi connectivity index (χ0n) is 17.1. The summed E-state index contributed by atoms with van der Waals surface area (Å²) in [6, 6.07) is 18.9. The smallest absolute Gasteiger partial charge is 0.131 e. The number of halogens is 1. The van der Waals surface area contributed by atoms with Gasteiger partial charge in [-0.3, -0.25) is 15.0 Å². The van der Waals surface area contributed by atoms with E-state index in [1.807, 2.05) is 61.1 Å². The number of pyridine rings is 1. The second-order valence-corrected chi connectivity index (χ2v) is 7.73. The van der Waals surface area contributed by atoms with Gasteiger partial charge in [0.05, 0.1) is 17.9 Å². The third-order valence-corrected chi connectivity index (χ3v) is 5.79. The number of nitrogens with one attached hydrogen (secondary N) is 2. The first kappa shape index (κ1) is 19.6. The van der Waals surface area contributed by atoms with Gasteiger partial charge in [0.15, 0.2) is 0 Å². The third-order valence-electron chi connectivity index (χ3n) is 5.79. The molecule has 0 saturated carbocycles. The predicted molar refractivity (Wildman–Crippen MR) is 120 cm³/mol. The van der Waals surface area contributed by atoms with Crippen molar-refractivity contribution in [2.75, 3.05) is 26.2 Å². The Bertz CT molecular complexity index is 1140. The molecule has 5 rings (SSSR count). The van der Waals surface area contributed by atoms with Crippen molar-refractivity contribution in [1.29, 1.82) is 0 Å². The van der Waals surface area contributed by atoms with Crippen molar-refractivity contribution in [3.8, 4) is 22.4 Å². The molecule has 0 radical (unpaired) electrons. The van der Waals surface area contributed by atoms with E-state index in [0.717, 1.165) is 54.1 Å². The van der Waals surface area contributed by atoms with Crippen LogP contribution in [0.25, 0.3) is 22.4 Å². The lowest BCUT2D eigenvalue weighted by Gasteiger charge is -2.35. The summed E-state index contributed by atoms with van der Waals surface area (Å²) < 4.78 is 14.9. The predicted octanol–water partition coefficient (Wildman–Crippen LogP) is 4.27. The molecule has 0 amide bonds. The van der Waals surface area contributed by atoms with Crippen molar-refractivity contribution in [3.05, 3.63) is 96.2 Å². The van der Waals surface area contributed by atoms with Crippen LogP contribution in [0.1, 0.15) is 17.2 Å². The Labute approximate surface area is 181 Å². The molecule has 2 aromatic carbocycles. The number of piperazine rings is 1. The molecule has 1 saturated heterocycles. The molecule has 0 spiro atoms. The van der Waals surface area contributed by atoms with Crippen LogP contribution in [-0.2, 0) is 0 Å². The van der Waals surface area contributed by atoms with Gasteiger partial charge >= 0.3 is 0 Å². The molecule has 1 fully saturated rings. The summed E-state index contributed by atoms with van der Waals surface area (Å²) >= 11 is 0. The lowest BCUT2D eigenvalue weighted by Crippen LogP contribution is -2.45. The summed E-state index contributed by atoms with van der Waals surface area (Å²) in [5.74, 6) is -0.249. The van der Waals surface area contributed by atoms with Crippen molar-refractivity contribution in [2.24, 2.45) is 0 Å². The van der Waals surface area contributed by atoms with Gasteiger partial charge in [0.2, 0.25) is 0 Å². The zero-order valence-corrected chi connectivity index (χ0v) is 17.1. The van der Waals surface area contributed by atoms with E-state index in [9.17, 15) is 4.39 Å². The van der Waals surface area contributed by atoms with E-state index in [-0.39, 0.29) is 11.9 Å². The van der Waals surface area contributed by atoms with Crippen LogP contribution in [0.4, 0.5) is 4.39 Å². The lowest BCUT2D eigenvalue weighted by atomic mass is 9.93. The molecule has 1 unspecified atom stereocenters. The molecular formula is C25H24FN5. The van der Waals surface area contributed by atoms with E-state index in [0.29, 0.717) is 5.56 Å². The maximum atomic E-state index is 14.9. The highest BCUT2D eigenvalue weighted by atomic mass is 19.1. The minimum atomic E-state index is -0.249. The Morgan fingerprint density at radius 3 is 2.39 bits per heavy atom. The van der Waals surface area contributed by atoms with Crippen LogP contribution in [0.3, 0.4) is 0 Å². The highest BCUT2D eigenvalue weighted by Gasteiger charge is 2.26. The molecule has 5 nitrogen and oxygen atoms in total. The fourth-order valence-electron chi connectivity index (χ4n) is 4.31. The highest BCUT2D eigenvalue weighted by Crippen LogP contribution is 2.36. The number of benzene rings is 2. The summed E-state index contributed by atoms with van der Waals surface area (Å²) in [6.45, 7) is 3.71. The second kappa shape index (κ2) is 8.79. The van der Waals surface area contributed by atoms with Gasteiger partial charge < -0.3 is 5.32 Å². The van der Waals surface area contributed by atoms with Crippen LogP contribution in [0.15, 0.2) is 79.3 Å². The normalized spacial score (nSPS) is 15.6. The summed E-state index contributed by atoms with van der Waals surface area (Å²) in [5.41, 5.74) is 5.21. The number of aromatic amines is 1. The van der Waals surface area contributed by atoms with Crippen LogP contribution < -0.4 is 5.32 Å². The quantitative estimate of drug-likeness (QED) is 0.513. The van der Waals surface area contributed by atoms with Crippen molar-refractivity contribution in [1.82, 2.24) is 25.4 Å². The van der Waals surface area contributed by atoms with E-state index in [4.69, 9.17) is 4.98 Å². The van der Waals surface area contributed by atoms with Crippen LogP contribution in [0, 0.1) is 5.82 Å². The van der Waals surface area contributed by atoms with Gasteiger partial charge in [-0.25, -0.2) is 4.39 Å². The van der Waals surface area contributed by atoms with Crippen molar-refractivity contribution < 1.29 is 4.39 Å². The van der Waals surface area contributed by atoms with Crippen LogP contribution in [0.5, 0.6) is 0 Å². The van der Waals surface area contributed by atoms with Gasteiger partial charge in [0.1, 0.15) is 5.82 Å². The topological polar surface area (TPSA) is 56.8 Å². The maximum absolute atomic E-state index is 14.9. The molecule has 0 bridgehead atoms. The number of hydrogen-bond donors (Lipinski definition) is 2. The molecular weight excluding hydrogens is 389 g/mol. The van der Waals surface area contributed by atoms with Gasteiger partial charge in [0.25, 0.3) is 0 Å². The largest absolute Gasteiger partial charge is 0.314 e. The van der Waals surface area contributed by atoms with E-state index in [1.165, 1.54) is 6.07 Å². The second-order valence-electron chi connectivity index (χ2n) is 7.73. The van der Waals surface area contributed by atoms with Gasteiger partial charge in [-0.2, -0.15) is 5.10 Å². The van der Waals surface area contributed by atoms with E-state index >= 15 is 0 Å². The summed E-state index contributed by atoms with van der Waals surface area (Å²) in [7, 11) is 0. The van der Waals surface area contributed by atoms with E-state index in [2.05, 4.69) is 26.5 Å². The monoisotopic (exact) mass is 413 g/mol. The van der Waals surface area contributed by atoms with Gasteiger partial charge in [-0.15, -0.1) is 0 Å². The molecule has 1 atom stereocenters. The Morgan fingerprint density at radius 2 is 1.65 bits per heavy atom. The van der Waals surface area contributed by atoms with Crippen molar-refractivity contribution >= 4 is 0 Å². The first-order chi connectivity index (χ1) is 15.3. The molecule has 0 aliphatic carbocycles. The van der Waals surface area contributed by atoms with Gasteiger partial charge in [-0.05, 0) is 17.7 Å². The highest BCUT2D eigenvalue weighted by molar-refractivity contribution is 5.81. The number of aromatic nitrogens is 3. The maximum Gasteiger partial charge on any atom is 0.131 e. The Balaban J connectivity index is 1.67. The van der Waals surface area contributed by atoms with Crippen LogP contribution in [0.2, 0.25) is 0 Å². The Kier molecular flexibility index (Phi) is 5.56. The molecule has 4 aromatic rings. The standard InChI is InChI=1S/C25H24FN5/c26-23-9-5-4-8-21(23)22-14-19(15-28-24(22)18-6-2-1-3-7-18)25(20-16-29-30-17-20)31-12-10-27-11-13-31/h1-9,14-17,25,27H,10-13H2,(H,29,30). The fourth-order valence-corrected chi connectivity index (χ4v) is 4.31. The molecule has 1 aliphatic heterocycles. The van der Waals surface area contributed by atoms with Gasteiger partial charge in [0, 0.05) is 60.8 Å². The summed E-state index contributed by atoms with van der Waals surface area (Å²) in [6.07, 6.45) is 5.72. The molecule has 31 heavy (non-hydrogen) atoms. The Morgan fingerprint density at radius 1 is 0.871 bits per heavy atom. The molecule has 156 valence electrons. The van der Waals surface area contributed by atoms with Gasteiger partial charge in [-0.1, -0.05) is 48.5 Å².